The molecule has 1 saturated heterocycles. The number of hydrogen-bond donors (Lipinski definition) is 3. The Balaban J connectivity index is 2.26. The van der Waals surface area contributed by atoms with Crippen molar-refractivity contribution < 1.29 is 4.79 Å². The van der Waals surface area contributed by atoms with Crippen molar-refractivity contribution in [2.45, 2.75) is 25.3 Å². The van der Waals surface area contributed by atoms with Gasteiger partial charge in [-0.05, 0) is 12.8 Å². The van der Waals surface area contributed by atoms with Crippen molar-refractivity contribution in [2.75, 3.05) is 19.6 Å². The average molecular weight is 171 g/mol. The van der Waals surface area contributed by atoms with Crippen molar-refractivity contribution in [1.82, 2.24) is 10.6 Å². The normalized spacial score (nSPS) is 24.8. The van der Waals surface area contributed by atoms with E-state index >= 15 is 0 Å². The number of nitrogens with one attached hydrogen (secondary N) is 2. The van der Waals surface area contributed by atoms with Gasteiger partial charge in [0.05, 0.1) is 0 Å². The molecule has 1 amide bonds. The van der Waals surface area contributed by atoms with E-state index in [1.54, 1.807) is 0 Å². The zero-order valence-electron chi connectivity index (χ0n) is 7.31. The van der Waals surface area contributed by atoms with E-state index in [0.29, 0.717) is 19.0 Å². The molecule has 0 aromatic carbocycles. The molecule has 0 aromatic rings. The van der Waals surface area contributed by atoms with Crippen LogP contribution in [0.4, 0.5) is 0 Å². The first-order chi connectivity index (χ1) is 5.83. The molecular formula is C8H17N3O. The molecule has 4 N–H and O–H groups in total. The second-order valence-electron chi connectivity index (χ2n) is 3.14. The molecule has 0 radical (unpaired) electrons. The molecule has 1 aliphatic rings. The number of carbonyl (C=O) groups is 1. The van der Waals surface area contributed by atoms with E-state index in [4.69, 9.17) is 5.73 Å². The van der Waals surface area contributed by atoms with Crippen LogP contribution in [0.5, 0.6) is 0 Å². The Kier molecular flexibility index (Phi) is 4.04. The lowest BCUT2D eigenvalue weighted by Gasteiger charge is -2.13. The van der Waals surface area contributed by atoms with E-state index in [2.05, 4.69) is 10.6 Å². The molecule has 1 heterocycles. The van der Waals surface area contributed by atoms with Crippen LogP contribution in [0.1, 0.15) is 19.3 Å². The number of amides is 1. The average Bonchev–Trinajstić information content (AvgIpc) is 2.26. The van der Waals surface area contributed by atoms with Gasteiger partial charge < -0.3 is 16.4 Å². The number of carbonyl (C=O) groups excluding carboxylic acids is 1. The Morgan fingerprint density at radius 1 is 1.67 bits per heavy atom. The topological polar surface area (TPSA) is 67.2 Å². The van der Waals surface area contributed by atoms with Crippen LogP contribution in [0.3, 0.4) is 0 Å². The molecule has 1 rings (SSSR count). The fourth-order valence-electron chi connectivity index (χ4n) is 1.44. The highest BCUT2D eigenvalue weighted by molar-refractivity contribution is 5.76. The monoisotopic (exact) mass is 171 g/mol. The maximum Gasteiger partial charge on any atom is 0.221 e. The molecule has 0 aromatic heterocycles. The van der Waals surface area contributed by atoms with Crippen LogP contribution in [-0.4, -0.2) is 31.6 Å². The van der Waals surface area contributed by atoms with Crippen LogP contribution in [0.15, 0.2) is 0 Å². The Morgan fingerprint density at radius 2 is 2.50 bits per heavy atom. The molecule has 4 nitrogen and oxygen atoms in total. The van der Waals surface area contributed by atoms with Crippen molar-refractivity contribution in [1.29, 1.82) is 0 Å². The maximum absolute atomic E-state index is 11.1. The van der Waals surface area contributed by atoms with Crippen LogP contribution in [-0.2, 0) is 4.79 Å². The molecule has 12 heavy (non-hydrogen) atoms. The summed E-state index contributed by atoms with van der Waals surface area (Å²) in [5, 5.41) is 6.10. The minimum atomic E-state index is 0.155. The minimum absolute atomic E-state index is 0.155. The third-order valence-electron chi connectivity index (χ3n) is 2.06. The van der Waals surface area contributed by atoms with Gasteiger partial charge in [0.25, 0.3) is 0 Å². The van der Waals surface area contributed by atoms with Gasteiger partial charge in [-0.2, -0.15) is 0 Å². The SMILES string of the molecule is NCCNC1CCCNC(=O)C1. The minimum Gasteiger partial charge on any atom is -0.356 e. The molecule has 0 aliphatic carbocycles. The molecular weight excluding hydrogens is 154 g/mol. The molecule has 0 bridgehead atoms. The first-order valence-electron chi connectivity index (χ1n) is 4.53. The summed E-state index contributed by atoms with van der Waals surface area (Å²) in [6.45, 7) is 2.26. The fourth-order valence-corrected chi connectivity index (χ4v) is 1.44. The third-order valence-corrected chi connectivity index (χ3v) is 2.06. The Bertz CT molecular complexity index is 149. The largest absolute Gasteiger partial charge is 0.356 e. The Labute approximate surface area is 72.9 Å². The summed E-state index contributed by atoms with van der Waals surface area (Å²) in [5.74, 6) is 0.155. The lowest BCUT2D eigenvalue weighted by atomic mass is 10.1. The van der Waals surface area contributed by atoms with Crippen LogP contribution >= 0.6 is 0 Å². The molecule has 4 heteroatoms. The lowest BCUT2D eigenvalue weighted by molar-refractivity contribution is -0.121. The highest BCUT2D eigenvalue weighted by atomic mass is 16.1. The highest BCUT2D eigenvalue weighted by Crippen LogP contribution is 2.04. The number of rotatable bonds is 3. The second kappa shape index (κ2) is 5.11. The van der Waals surface area contributed by atoms with E-state index in [0.717, 1.165) is 25.9 Å². The van der Waals surface area contributed by atoms with Gasteiger partial charge in [0.15, 0.2) is 0 Å². The summed E-state index contributed by atoms with van der Waals surface area (Å²) in [4.78, 5) is 11.1. The van der Waals surface area contributed by atoms with E-state index in [-0.39, 0.29) is 5.91 Å². The van der Waals surface area contributed by atoms with Gasteiger partial charge in [-0.1, -0.05) is 0 Å². The van der Waals surface area contributed by atoms with Crippen molar-refractivity contribution in [3.8, 4) is 0 Å². The van der Waals surface area contributed by atoms with Crippen LogP contribution < -0.4 is 16.4 Å². The van der Waals surface area contributed by atoms with Crippen molar-refractivity contribution in [3.05, 3.63) is 0 Å². The predicted octanol–water partition coefficient (Wildman–Crippen LogP) is -0.797. The molecule has 1 fully saturated rings. The lowest BCUT2D eigenvalue weighted by Crippen LogP contribution is -2.35. The van der Waals surface area contributed by atoms with Gasteiger partial charge in [-0.25, -0.2) is 0 Å². The molecule has 1 aliphatic heterocycles. The number of nitrogens with two attached hydrogens (primary N) is 1. The summed E-state index contributed by atoms with van der Waals surface area (Å²) in [6, 6.07) is 0.330. The summed E-state index contributed by atoms with van der Waals surface area (Å²) >= 11 is 0. The second-order valence-corrected chi connectivity index (χ2v) is 3.14. The van der Waals surface area contributed by atoms with Gasteiger partial charge in [-0.15, -0.1) is 0 Å². The van der Waals surface area contributed by atoms with Crippen LogP contribution in [0, 0.1) is 0 Å². The summed E-state index contributed by atoms with van der Waals surface area (Å²) < 4.78 is 0. The molecule has 70 valence electrons. The smallest absolute Gasteiger partial charge is 0.221 e. The Morgan fingerprint density at radius 3 is 3.25 bits per heavy atom. The summed E-state index contributed by atoms with van der Waals surface area (Å²) in [7, 11) is 0. The first-order valence-corrected chi connectivity index (χ1v) is 4.53. The van der Waals surface area contributed by atoms with Crippen LogP contribution in [0.25, 0.3) is 0 Å². The highest BCUT2D eigenvalue weighted by Gasteiger charge is 2.15. The molecule has 0 saturated carbocycles. The fraction of sp³-hybridized carbons (Fsp3) is 0.875. The molecule has 1 unspecified atom stereocenters. The first kappa shape index (κ1) is 9.48. The third kappa shape index (κ3) is 3.19. The van der Waals surface area contributed by atoms with E-state index < -0.39 is 0 Å². The summed E-state index contributed by atoms with van der Waals surface area (Å²) in [5.41, 5.74) is 5.36. The molecule has 0 spiro atoms. The van der Waals surface area contributed by atoms with Gasteiger partial charge in [0.2, 0.25) is 5.91 Å². The van der Waals surface area contributed by atoms with Gasteiger partial charge in [-0.3, -0.25) is 4.79 Å². The predicted molar refractivity (Wildman–Crippen MR) is 47.7 cm³/mol. The Hall–Kier alpha value is -0.610. The van der Waals surface area contributed by atoms with Crippen LogP contribution in [0.2, 0.25) is 0 Å². The quantitative estimate of drug-likeness (QED) is 0.521. The van der Waals surface area contributed by atoms with Gasteiger partial charge >= 0.3 is 0 Å². The van der Waals surface area contributed by atoms with Crippen molar-refractivity contribution in [2.24, 2.45) is 5.73 Å². The van der Waals surface area contributed by atoms with Crippen molar-refractivity contribution >= 4 is 5.91 Å². The van der Waals surface area contributed by atoms with Crippen molar-refractivity contribution in [3.63, 3.8) is 0 Å². The number of hydrogen-bond acceptors (Lipinski definition) is 3. The van der Waals surface area contributed by atoms with E-state index in [1.807, 2.05) is 0 Å². The zero-order valence-corrected chi connectivity index (χ0v) is 7.31. The van der Waals surface area contributed by atoms with Gasteiger partial charge in [0.1, 0.15) is 0 Å². The summed E-state index contributed by atoms with van der Waals surface area (Å²) in [6.07, 6.45) is 2.73. The molecule has 1 atom stereocenters. The zero-order chi connectivity index (χ0) is 8.81. The van der Waals surface area contributed by atoms with Gasteiger partial charge in [0, 0.05) is 32.1 Å². The standard InChI is InChI=1S/C8H17N3O/c9-3-5-10-7-2-1-4-11-8(12)6-7/h7,10H,1-6,9H2,(H,11,12). The maximum atomic E-state index is 11.1. The van der Waals surface area contributed by atoms with E-state index in [9.17, 15) is 4.79 Å². The van der Waals surface area contributed by atoms with E-state index in [1.165, 1.54) is 0 Å².